The molecule has 0 bridgehead atoms. The van der Waals surface area contributed by atoms with Crippen molar-refractivity contribution in [3.63, 3.8) is 0 Å². The van der Waals surface area contributed by atoms with Gasteiger partial charge in [0.05, 0.1) is 18.5 Å². The molecule has 184 valence electrons. The van der Waals surface area contributed by atoms with E-state index < -0.39 is 23.4 Å². The van der Waals surface area contributed by atoms with E-state index in [9.17, 15) is 27.6 Å². The number of H-pyrrole nitrogens is 1. The minimum atomic E-state index is -4.84. The van der Waals surface area contributed by atoms with Crippen LogP contribution in [0, 0.1) is 5.41 Å². The standard InChI is InChI=1S/C23H26F3N3O5/c1-22(2,3)13-18(30)33-10-6-9-29-20(31)19-17(28(4)21(29)32)12-16(27-19)14-7-5-8-15(11-14)34-23(24,25)26/h5,7-8,11-12,27H,6,9-10,13H2,1-4H3. The molecule has 0 radical (unpaired) electrons. The van der Waals surface area contributed by atoms with Gasteiger partial charge in [0.2, 0.25) is 0 Å². The number of fused-ring (bicyclic) bond motifs is 1. The van der Waals surface area contributed by atoms with Gasteiger partial charge in [-0.05, 0) is 30.0 Å². The van der Waals surface area contributed by atoms with Gasteiger partial charge in [0.15, 0.2) is 0 Å². The van der Waals surface area contributed by atoms with E-state index in [1.807, 2.05) is 20.8 Å². The molecule has 0 unspecified atom stereocenters. The zero-order valence-corrected chi connectivity index (χ0v) is 19.3. The summed E-state index contributed by atoms with van der Waals surface area (Å²) in [5.74, 6) is -0.759. The SMILES string of the molecule is Cn1c(=O)n(CCCOC(=O)CC(C)(C)C)c(=O)c2[nH]c(-c3cccc(OC(F)(F)F)c3)cc21. The summed E-state index contributed by atoms with van der Waals surface area (Å²) in [4.78, 5) is 40.4. The number of carbonyl (C=O) groups is 1. The number of alkyl halides is 3. The smallest absolute Gasteiger partial charge is 0.466 e. The molecule has 0 fully saturated rings. The number of ether oxygens (including phenoxy) is 2. The summed E-state index contributed by atoms with van der Waals surface area (Å²) in [5.41, 5.74) is -0.209. The summed E-state index contributed by atoms with van der Waals surface area (Å²) in [5, 5.41) is 0. The summed E-state index contributed by atoms with van der Waals surface area (Å²) in [6.07, 6.45) is -4.32. The van der Waals surface area contributed by atoms with Gasteiger partial charge in [0.25, 0.3) is 5.56 Å². The number of rotatable bonds is 7. The first-order chi connectivity index (χ1) is 15.7. The molecule has 1 aromatic carbocycles. The quantitative estimate of drug-likeness (QED) is 0.407. The molecule has 0 saturated carbocycles. The zero-order valence-electron chi connectivity index (χ0n) is 19.3. The normalized spacial score (nSPS) is 12.2. The lowest BCUT2D eigenvalue weighted by Gasteiger charge is -2.16. The summed E-state index contributed by atoms with van der Waals surface area (Å²) in [6, 6.07) is 6.80. The fourth-order valence-electron chi connectivity index (χ4n) is 3.48. The maximum atomic E-state index is 13.0. The van der Waals surface area contributed by atoms with Crippen LogP contribution in [0.4, 0.5) is 13.2 Å². The van der Waals surface area contributed by atoms with E-state index in [0.29, 0.717) is 16.8 Å². The Bertz CT molecular complexity index is 1310. The Morgan fingerprint density at radius 1 is 1.12 bits per heavy atom. The maximum Gasteiger partial charge on any atom is 0.573 e. The van der Waals surface area contributed by atoms with Crippen molar-refractivity contribution in [3.8, 4) is 17.0 Å². The predicted octanol–water partition coefficient (Wildman–Crippen LogP) is 3.96. The van der Waals surface area contributed by atoms with Crippen molar-refractivity contribution >= 4 is 17.0 Å². The summed E-state index contributed by atoms with van der Waals surface area (Å²) >= 11 is 0. The van der Waals surface area contributed by atoms with Crippen LogP contribution in [0.1, 0.15) is 33.6 Å². The topological polar surface area (TPSA) is 95.3 Å². The number of hydrogen-bond acceptors (Lipinski definition) is 5. The van der Waals surface area contributed by atoms with Gasteiger partial charge in [-0.15, -0.1) is 13.2 Å². The maximum absolute atomic E-state index is 13.0. The van der Waals surface area contributed by atoms with E-state index in [4.69, 9.17) is 4.74 Å². The van der Waals surface area contributed by atoms with Gasteiger partial charge in [-0.25, -0.2) is 4.79 Å². The van der Waals surface area contributed by atoms with Gasteiger partial charge in [-0.2, -0.15) is 0 Å². The lowest BCUT2D eigenvalue weighted by molar-refractivity contribution is -0.274. The second-order valence-corrected chi connectivity index (χ2v) is 9.13. The summed E-state index contributed by atoms with van der Waals surface area (Å²) < 4.78 is 49.1. The third-order valence-electron chi connectivity index (χ3n) is 4.98. The number of aromatic amines is 1. The summed E-state index contributed by atoms with van der Waals surface area (Å²) in [7, 11) is 1.49. The Labute approximate surface area is 192 Å². The zero-order chi connectivity index (χ0) is 25.3. The molecule has 2 heterocycles. The monoisotopic (exact) mass is 481 g/mol. The first kappa shape index (κ1) is 25.1. The van der Waals surface area contributed by atoms with E-state index in [0.717, 1.165) is 10.6 Å². The Hall–Kier alpha value is -3.50. The molecule has 0 amide bonds. The van der Waals surface area contributed by atoms with E-state index in [2.05, 4.69) is 9.72 Å². The second-order valence-electron chi connectivity index (χ2n) is 9.13. The molecule has 0 aliphatic carbocycles. The van der Waals surface area contributed by atoms with Gasteiger partial charge in [0.1, 0.15) is 11.3 Å². The van der Waals surface area contributed by atoms with Crippen LogP contribution >= 0.6 is 0 Å². The first-order valence-corrected chi connectivity index (χ1v) is 10.6. The van der Waals surface area contributed by atoms with Crippen LogP contribution in [0.5, 0.6) is 5.75 Å². The number of halogens is 3. The predicted molar refractivity (Wildman–Crippen MR) is 120 cm³/mol. The van der Waals surface area contributed by atoms with Crippen molar-refractivity contribution in [2.75, 3.05) is 6.61 Å². The van der Waals surface area contributed by atoms with Crippen LogP contribution in [0.25, 0.3) is 22.3 Å². The van der Waals surface area contributed by atoms with Gasteiger partial charge < -0.3 is 14.5 Å². The molecule has 2 aromatic heterocycles. The van der Waals surface area contributed by atoms with Gasteiger partial charge in [-0.1, -0.05) is 32.9 Å². The van der Waals surface area contributed by atoms with Gasteiger partial charge in [0, 0.05) is 24.8 Å². The second kappa shape index (κ2) is 9.40. The molecule has 8 nitrogen and oxygen atoms in total. The van der Waals surface area contributed by atoms with Crippen LogP contribution in [-0.4, -0.2) is 33.1 Å². The van der Waals surface area contributed by atoms with Crippen LogP contribution < -0.4 is 16.0 Å². The number of esters is 1. The van der Waals surface area contributed by atoms with Crippen molar-refractivity contribution in [3.05, 3.63) is 51.2 Å². The highest BCUT2D eigenvalue weighted by Gasteiger charge is 2.31. The number of aryl methyl sites for hydroxylation is 1. The highest BCUT2D eigenvalue weighted by molar-refractivity contribution is 5.82. The number of aromatic nitrogens is 3. The van der Waals surface area contributed by atoms with E-state index in [-0.39, 0.29) is 42.9 Å². The lowest BCUT2D eigenvalue weighted by Crippen LogP contribution is -2.39. The molecular formula is C23H26F3N3O5. The summed E-state index contributed by atoms with van der Waals surface area (Å²) in [6.45, 7) is 5.84. The van der Waals surface area contributed by atoms with Crippen molar-refractivity contribution in [1.29, 1.82) is 0 Å². The third-order valence-corrected chi connectivity index (χ3v) is 4.98. The van der Waals surface area contributed by atoms with E-state index in [1.165, 1.54) is 29.8 Å². The number of nitrogens with zero attached hydrogens (tertiary/aromatic N) is 2. The van der Waals surface area contributed by atoms with Gasteiger partial charge in [-0.3, -0.25) is 18.7 Å². The third kappa shape index (κ3) is 6.09. The molecule has 3 aromatic rings. The minimum absolute atomic E-state index is 0.0352. The highest BCUT2D eigenvalue weighted by atomic mass is 19.4. The van der Waals surface area contributed by atoms with Crippen molar-refractivity contribution < 1.29 is 27.4 Å². The molecule has 1 N–H and O–H groups in total. The minimum Gasteiger partial charge on any atom is -0.466 e. The van der Waals surface area contributed by atoms with Crippen LogP contribution in [0.15, 0.2) is 39.9 Å². The molecule has 0 saturated heterocycles. The van der Waals surface area contributed by atoms with Crippen LogP contribution in [0.2, 0.25) is 0 Å². The molecular weight excluding hydrogens is 455 g/mol. The highest BCUT2D eigenvalue weighted by Crippen LogP contribution is 2.28. The first-order valence-electron chi connectivity index (χ1n) is 10.6. The largest absolute Gasteiger partial charge is 0.573 e. The molecule has 0 atom stereocenters. The van der Waals surface area contributed by atoms with Crippen LogP contribution in [-0.2, 0) is 23.1 Å². The average Bonchev–Trinajstić information content (AvgIpc) is 3.15. The van der Waals surface area contributed by atoms with E-state index in [1.54, 1.807) is 6.07 Å². The number of nitrogens with one attached hydrogen (secondary N) is 1. The van der Waals surface area contributed by atoms with Crippen molar-refractivity contribution in [1.82, 2.24) is 14.1 Å². The Kier molecular flexibility index (Phi) is 6.94. The Morgan fingerprint density at radius 2 is 1.82 bits per heavy atom. The van der Waals surface area contributed by atoms with Crippen molar-refractivity contribution in [2.45, 2.75) is 46.5 Å². The van der Waals surface area contributed by atoms with Crippen molar-refractivity contribution in [2.24, 2.45) is 12.5 Å². The Morgan fingerprint density at radius 3 is 2.47 bits per heavy atom. The van der Waals surface area contributed by atoms with Gasteiger partial charge >= 0.3 is 18.0 Å². The molecule has 0 aliphatic rings. The number of hydrogen-bond donors (Lipinski definition) is 1. The number of carbonyl (C=O) groups excluding carboxylic acids is 1. The average molecular weight is 481 g/mol. The fraction of sp³-hybridized carbons (Fsp3) is 0.435. The van der Waals surface area contributed by atoms with E-state index >= 15 is 0 Å². The molecule has 3 rings (SSSR count). The number of benzene rings is 1. The Balaban J connectivity index is 1.83. The molecule has 34 heavy (non-hydrogen) atoms. The van der Waals surface area contributed by atoms with Crippen LogP contribution in [0.3, 0.4) is 0 Å². The molecule has 0 aliphatic heterocycles. The molecule has 11 heteroatoms. The fourth-order valence-corrected chi connectivity index (χ4v) is 3.48. The molecule has 0 spiro atoms. The lowest BCUT2D eigenvalue weighted by atomic mass is 9.92.